The molecule has 0 radical (unpaired) electrons. The molecule has 7 aromatic carbocycles. The van der Waals surface area contributed by atoms with Crippen molar-refractivity contribution in [3.05, 3.63) is 146 Å². The zero-order valence-corrected chi connectivity index (χ0v) is 27.5. The van der Waals surface area contributed by atoms with Crippen molar-refractivity contribution >= 4 is 114 Å². The molecule has 0 fully saturated rings. The van der Waals surface area contributed by atoms with Gasteiger partial charge in [0.15, 0.2) is 0 Å². The van der Waals surface area contributed by atoms with Gasteiger partial charge >= 0.3 is 0 Å². The van der Waals surface area contributed by atoms with Crippen LogP contribution in [0, 0.1) is 0 Å². The Labute approximate surface area is 287 Å². The molecule has 0 amide bonds. The van der Waals surface area contributed by atoms with E-state index in [0.29, 0.717) is 0 Å². The summed E-state index contributed by atoms with van der Waals surface area (Å²) in [6.45, 7) is 0. The van der Waals surface area contributed by atoms with E-state index in [-0.39, 0.29) is 0 Å². The summed E-state index contributed by atoms with van der Waals surface area (Å²) in [6, 6.07) is 51.3. The molecule has 230 valence electrons. The molecule has 0 aliphatic heterocycles. The molecule has 0 unspecified atom stereocenters. The number of rotatable bonds is 4. The molecule has 11 aromatic rings. The largest absolute Gasteiger partial charge is 0.456 e. The lowest BCUT2D eigenvalue weighted by Crippen LogP contribution is -2.09. The number of fused-ring (bicyclic) bond motifs is 11. The maximum Gasteiger partial charge on any atom is 0.135 e. The van der Waals surface area contributed by atoms with Crippen LogP contribution in [0.3, 0.4) is 0 Å². The van der Waals surface area contributed by atoms with E-state index in [0.717, 1.165) is 77.0 Å². The fraction of sp³-hybridized carbons (Fsp3) is 0. The van der Waals surface area contributed by atoms with Gasteiger partial charge < -0.3 is 13.7 Å². The highest BCUT2D eigenvalue weighted by molar-refractivity contribution is 7.26. The highest BCUT2D eigenvalue weighted by Gasteiger charge is 2.20. The van der Waals surface area contributed by atoms with E-state index >= 15 is 0 Å². The molecule has 0 N–H and O–H groups in total. The first-order chi connectivity index (χ1) is 24.2. The molecule has 4 heterocycles. The van der Waals surface area contributed by atoms with Gasteiger partial charge in [-0.2, -0.15) is 0 Å². The smallest absolute Gasteiger partial charge is 0.135 e. The van der Waals surface area contributed by atoms with Crippen LogP contribution in [0.1, 0.15) is 0 Å². The molecule has 0 saturated heterocycles. The number of aromatic nitrogens is 1. The Kier molecular flexibility index (Phi) is 5.67. The van der Waals surface area contributed by atoms with Crippen molar-refractivity contribution < 1.29 is 8.83 Å². The van der Waals surface area contributed by atoms with Crippen LogP contribution in [-0.4, -0.2) is 4.98 Å². The third-order valence-electron chi connectivity index (χ3n) is 9.49. The predicted molar refractivity (Wildman–Crippen MR) is 207 cm³/mol. The van der Waals surface area contributed by atoms with Crippen molar-refractivity contribution in [1.29, 1.82) is 0 Å². The quantitative estimate of drug-likeness (QED) is 0.188. The summed E-state index contributed by atoms with van der Waals surface area (Å²) in [5.74, 6) is 0. The number of para-hydroxylation sites is 2. The Balaban J connectivity index is 1.16. The van der Waals surface area contributed by atoms with Crippen LogP contribution in [0.2, 0.25) is 0 Å². The van der Waals surface area contributed by atoms with E-state index in [1.807, 2.05) is 41.7 Å². The highest BCUT2D eigenvalue weighted by atomic mass is 32.1. The minimum absolute atomic E-state index is 0.876. The van der Waals surface area contributed by atoms with Gasteiger partial charge in [-0.15, -0.1) is 22.7 Å². The van der Waals surface area contributed by atoms with Gasteiger partial charge in [-0.3, -0.25) is 0 Å². The number of hydrogen-bond donors (Lipinski definition) is 0. The molecular weight excluding hydrogens is 641 g/mol. The van der Waals surface area contributed by atoms with Gasteiger partial charge in [0, 0.05) is 64.3 Å². The lowest BCUT2D eigenvalue weighted by atomic mass is 10.1. The average Bonchev–Trinajstić information content (AvgIpc) is 3.93. The summed E-state index contributed by atoms with van der Waals surface area (Å²) in [7, 11) is 0. The number of benzene rings is 7. The summed E-state index contributed by atoms with van der Waals surface area (Å²) in [5.41, 5.74) is 8.91. The third-order valence-corrected chi connectivity index (χ3v) is 11.7. The zero-order valence-electron chi connectivity index (χ0n) is 25.9. The first-order valence-corrected chi connectivity index (χ1v) is 17.8. The number of anilines is 3. The number of hydrogen-bond acceptors (Lipinski definition) is 6. The molecule has 0 bridgehead atoms. The maximum atomic E-state index is 6.23. The van der Waals surface area contributed by atoms with Crippen LogP contribution in [0.5, 0.6) is 0 Å². The van der Waals surface area contributed by atoms with Crippen LogP contribution < -0.4 is 4.90 Å². The molecule has 4 nitrogen and oxygen atoms in total. The monoisotopic (exact) mass is 664 g/mol. The molecule has 0 aliphatic rings. The fourth-order valence-electron chi connectivity index (χ4n) is 7.24. The van der Waals surface area contributed by atoms with Crippen molar-refractivity contribution in [1.82, 2.24) is 4.98 Å². The number of thiazole rings is 1. The first kappa shape index (κ1) is 27.0. The van der Waals surface area contributed by atoms with Crippen LogP contribution in [0.15, 0.2) is 154 Å². The van der Waals surface area contributed by atoms with Crippen molar-refractivity contribution in [3.63, 3.8) is 0 Å². The van der Waals surface area contributed by atoms with Crippen molar-refractivity contribution in [2.24, 2.45) is 0 Å². The molecule has 11 rings (SSSR count). The summed E-state index contributed by atoms with van der Waals surface area (Å²) in [5, 5.41) is 7.86. The van der Waals surface area contributed by atoms with Gasteiger partial charge in [0.2, 0.25) is 0 Å². The van der Waals surface area contributed by atoms with Gasteiger partial charge in [-0.1, -0.05) is 66.7 Å². The molecule has 0 aliphatic carbocycles. The molecule has 0 spiro atoms. The van der Waals surface area contributed by atoms with Crippen molar-refractivity contribution in [3.8, 4) is 10.6 Å². The minimum Gasteiger partial charge on any atom is -0.456 e. The normalized spacial score (nSPS) is 12.1. The molecule has 4 aromatic heterocycles. The predicted octanol–water partition coefficient (Wildman–Crippen LogP) is 13.6. The topological polar surface area (TPSA) is 42.4 Å². The van der Waals surface area contributed by atoms with Gasteiger partial charge in [-0.05, 0) is 78.9 Å². The summed E-state index contributed by atoms with van der Waals surface area (Å²) >= 11 is 3.58. The molecule has 0 atom stereocenters. The molecule has 6 heteroatoms. The minimum atomic E-state index is 0.876. The SMILES string of the molecule is c1ccc(-c2nc3c(ccc4sc5ccc(N(c6ccc7oc8ccccc8c7c6)c6ccc7oc8ccccc8c7c6)cc5c43)s2)cc1. The molecule has 0 saturated carbocycles. The number of nitrogens with zero attached hydrogens (tertiary/aromatic N) is 2. The summed E-state index contributed by atoms with van der Waals surface area (Å²) in [6.07, 6.45) is 0. The standard InChI is InChI=1S/C43H24N2O2S2/c1-2-8-25(9-3-1)43-44-42-40(49-43)21-20-39-41(42)33-24-28(16-19-38(33)48-39)45(26-14-17-36-31(22-26)29-10-4-6-12-34(29)46-36)27-15-18-37-32(23-27)30-11-5-7-13-35(30)47-37/h1-24H. The van der Waals surface area contributed by atoms with E-state index in [4.69, 9.17) is 13.8 Å². The van der Waals surface area contributed by atoms with Crippen molar-refractivity contribution in [2.75, 3.05) is 4.90 Å². The van der Waals surface area contributed by atoms with Crippen LogP contribution in [0.25, 0.3) is 84.8 Å². The lowest BCUT2D eigenvalue weighted by molar-refractivity contribution is 0.668. The maximum absolute atomic E-state index is 6.23. The van der Waals surface area contributed by atoms with Gasteiger partial charge in [0.25, 0.3) is 0 Å². The van der Waals surface area contributed by atoms with E-state index in [1.54, 1.807) is 11.3 Å². The number of thiophene rings is 1. The Morgan fingerprint density at radius 1 is 0.429 bits per heavy atom. The Morgan fingerprint density at radius 3 is 1.63 bits per heavy atom. The Hall–Kier alpha value is -5.95. The Morgan fingerprint density at radius 2 is 0.959 bits per heavy atom. The molecule has 49 heavy (non-hydrogen) atoms. The second-order valence-corrected chi connectivity index (χ2v) is 14.5. The Bertz CT molecular complexity index is 2960. The van der Waals surface area contributed by atoms with E-state index in [9.17, 15) is 0 Å². The van der Waals surface area contributed by atoms with E-state index < -0.39 is 0 Å². The van der Waals surface area contributed by atoms with Crippen LogP contribution >= 0.6 is 22.7 Å². The van der Waals surface area contributed by atoms with Gasteiger partial charge in [-0.25, -0.2) is 4.98 Å². The van der Waals surface area contributed by atoms with E-state index in [2.05, 4.69) is 120 Å². The first-order valence-electron chi connectivity index (χ1n) is 16.2. The van der Waals surface area contributed by atoms with Crippen LogP contribution in [-0.2, 0) is 0 Å². The summed E-state index contributed by atoms with van der Waals surface area (Å²) < 4.78 is 16.1. The van der Waals surface area contributed by atoms with E-state index in [1.165, 1.54) is 24.9 Å². The fourth-order valence-corrected chi connectivity index (χ4v) is 9.31. The van der Waals surface area contributed by atoms with Crippen LogP contribution in [0.4, 0.5) is 17.1 Å². The number of furan rings is 2. The second kappa shape index (κ2) is 10.3. The summed E-state index contributed by atoms with van der Waals surface area (Å²) in [4.78, 5) is 7.58. The average molecular weight is 665 g/mol. The second-order valence-electron chi connectivity index (χ2n) is 12.3. The molecular formula is C43H24N2O2S2. The third kappa shape index (κ3) is 4.11. The highest BCUT2D eigenvalue weighted by Crippen LogP contribution is 2.46. The lowest BCUT2D eigenvalue weighted by Gasteiger charge is -2.26. The van der Waals surface area contributed by atoms with Gasteiger partial charge in [0.05, 0.1) is 10.2 Å². The zero-order chi connectivity index (χ0) is 32.1. The van der Waals surface area contributed by atoms with Crippen molar-refractivity contribution in [2.45, 2.75) is 0 Å². The van der Waals surface area contributed by atoms with Gasteiger partial charge in [0.1, 0.15) is 27.3 Å².